The van der Waals surface area contributed by atoms with Crippen LogP contribution in [0.25, 0.3) is 11.0 Å². The van der Waals surface area contributed by atoms with Gasteiger partial charge in [0.15, 0.2) is 0 Å². The number of nitrogens with zero attached hydrogens (tertiary/aromatic N) is 2. The smallest absolute Gasteiger partial charge is 0.224 e. The van der Waals surface area contributed by atoms with E-state index in [9.17, 15) is 4.79 Å². The largest absolute Gasteiger partial charge is 0.497 e. The number of aromatic nitrogens is 2. The Kier molecular flexibility index (Phi) is 8.40. The molecule has 36 heavy (non-hydrogen) atoms. The van der Waals surface area contributed by atoms with Gasteiger partial charge < -0.3 is 19.4 Å². The molecule has 3 aromatic carbocycles. The molecule has 1 amide bonds. The number of imidazole rings is 1. The average Bonchev–Trinajstić information content (AvgIpc) is 3.27. The summed E-state index contributed by atoms with van der Waals surface area (Å²) in [6.07, 6.45) is 3.77. The molecule has 0 saturated heterocycles. The van der Waals surface area contributed by atoms with Gasteiger partial charge in [-0.05, 0) is 61.2 Å². The van der Waals surface area contributed by atoms with Crippen LogP contribution in [0.4, 0.5) is 0 Å². The molecule has 1 atom stereocenters. The molecule has 0 aliphatic heterocycles. The average molecular weight is 484 g/mol. The molecule has 1 heterocycles. The molecular formula is C30H33N3O3. The molecule has 0 aliphatic carbocycles. The molecule has 1 N–H and O–H groups in total. The first-order valence-electron chi connectivity index (χ1n) is 12.3. The van der Waals surface area contributed by atoms with E-state index in [2.05, 4.69) is 28.6 Å². The predicted molar refractivity (Wildman–Crippen MR) is 143 cm³/mol. The van der Waals surface area contributed by atoms with Gasteiger partial charge in [-0.25, -0.2) is 4.98 Å². The van der Waals surface area contributed by atoms with Gasteiger partial charge in [0, 0.05) is 6.54 Å². The van der Waals surface area contributed by atoms with Crippen molar-refractivity contribution in [3.63, 3.8) is 0 Å². The lowest BCUT2D eigenvalue weighted by atomic mass is 10.1. The van der Waals surface area contributed by atoms with Crippen molar-refractivity contribution in [3.05, 3.63) is 102 Å². The molecular weight excluding hydrogens is 450 g/mol. The number of ether oxygens (including phenoxy) is 2. The summed E-state index contributed by atoms with van der Waals surface area (Å²) in [5.41, 5.74) is 4.04. The number of carbonyl (C=O) groups is 1. The third kappa shape index (κ3) is 6.13. The highest BCUT2D eigenvalue weighted by Gasteiger charge is 2.18. The molecule has 0 aliphatic rings. The zero-order valence-corrected chi connectivity index (χ0v) is 20.9. The van der Waals surface area contributed by atoms with Crippen molar-refractivity contribution in [3.8, 4) is 11.5 Å². The van der Waals surface area contributed by atoms with Crippen molar-refractivity contribution in [2.75, 3.05) is 13.7 Å². The molecule has 0 saturated carbocycles. The standard InChI is InChI=1S/C30H33N3O3/c1-4-10-24-11-5-8-14-28(24)36-20-9-19-33-27-13-7-6-12-26(27)32-30(33)22(2)31-29(34)21-23-15-17-25(35-3)18-16-23/h4-8,11-18,22H,1,9-10,19-21H2,2-3H3,(H,31,34). The quantitative estimate of drug-likeness (QED) is 0.209. The second-order valence-corrected chi connectivity index (χ2v) is 8.73. The van der Waals surface area contributed by atoms with Gasteiger partial charge in [-0.3, -0.25) is 4.79 Å². The summed E-state index contributed by atoms with van der Waals surface area (Å²) in [7, 11) is 1.63. The first-order valence-corrected chi connectivity index (χ1v) is 12.3. The van der Waals surface area contributed by atoms with Crippen LogP contribution in [-0.4, -0.2) is 29.2 Å². The van der Waals surface area contributed by atoms with Crippen molar-refractivity contribution in [2.24, 2.45) is 0 Å². The number of hydrogen-bond acceptors (Lipinski definition) is 4. The van der Waals surface area contributed by atoms with Crippen LogP contribution in [0.3, 0.4) is 0 Å². The molecule has 6 heteroatoms. The number of rotatable bonds is 12. The van der Waals surface area contributed by atoms with E-state index in [0.29, 0.717) is 13.0 Å². The Balaban J connectivity index is 1.42. The summed E-state index contributed by atoms with van der Waals surface area (Å²) in [5.74, 6) is 2.46. The van der Waals surface area contributed by atoms with Crippen molar-refractivity contribution >= 4 is 16.9 Å². The number of fused-ring (bicyclic) bond motifs is 1. The lowest BCUT2D eigenvalue weighted by Crippen LogP contribution is -2.30. The lowest BCUT2D eigenvalue weighted by molar-refractivity contribution is -0.121. The number of amides is 1. The zero-order valence-electron chi connectivity index (χ0n) is 20.9. The van der Waals surface area contributed by atoms with Crippen molar-refractivity contribution in [1.29, 1.82) is 0 Å². The maximum absolute atomic E-state index is 12.8. The zero-order chi connectivity index (χ0) is 25.3. The Morgan fingerprint density at radius 1 is 1.08 bits per heavy atom. The van der Waals surface area contributed by atoms with Crippen LogP contribution in [0.5, 0.6) is 11.5 Å². The van der Waals surface area contributed by atoms with E-state index >= 15 is 0 Å². The summed E-state index contributed by atoms with van der Waals surface area (Å²) in [4.78, 5) is 17.6. The summed E-state index contributed by atoms with van der Waals surface area (Å²) in [5, 5.41) is 3.12. The predicted octanol–water partition coefficient (Wildman–Crippen LogP) is 5.66. The minimum absolute atomic E-state index is 0.0477. The van der Waals surface area contributed by atoms with Gasteiger partial charge >= 0.3 is 0 Å². The highest BCUT2D eigenvalue weighted by molar-refractivity contribution is 5.79. The molecule has 4 aromatic rings. The normalized spacial score (nSPS) is 11.7. The maximum atomic E-state index is 12.8. The maximum Gasteiger partial charge on any atom is 0.224 e. The van der Waals surface area contributed by atoms with E-state index in [1.54, 1.807) is 7.11 Å². The first-order chi connectivity index (χ1) is 17.6. The van der Waals surface area contributed by atoms with Crippen LogP contribution in [0.2, 0.25) is 0 Å². The van der Waals surface area contributed by atoms with Gasteiger partial charge in [-0.2, -0.15) is 0 Å². The first kappa shape index (κ1) is 25.0. The second kappa shape index (κ2) is 12.1. The highest BCUT2D eigenvalue weighted by Crippen LogP contribution is 2.23. The summed E-state index contributed by atoms with van der Waals surface area (Å²) in [6.45, 7) is 7.13. The summed E-state index contributed by atoms with van der Waals surface area (Å²) < 4.78 is 13.5. The van der Waals surface area contributed by atoms with Gasteiger partial charge in [-0.1, -0.05) is 48.5 Å². The van der Waals surface area contributed by atoms with Crippen molar-refractivity contribution in [2.45, 2.75) is 38.8 Å². The van der Waals surface area contributed by atoms with Gasteiger partial charge in [0.05, 0.1) is 37.2 Å². The van der Waals surface area contributed by atoms with Crippen LogP contribution in [-0.2, 0) is 24.2 Å². The minimum Gasteiger partial charge on any atom is -0.497 e. The molecule has 0 fully saturated rings. The fraction of sp³-hybridized carbons (Fsp3) is 0.267. The highest BCUT2D eigenvalue weighted by atomic mass is 16.5. The molecule has 186 valence electrons. The Morgan fingerprint density at radius 3 is 2.61 bits per heavy atom. The Hall–Kier alpha value is -4.06. The van der Waals surface area contributed by atoms with Gasteiger partial charge in [-0.15, -0.1) is 6.58 Å². The topological polar surface area (TPSA) is 65.4 Å². The fourth-order valence-corrected chi connectivity index (χ4v) is 4.32. The second-order valence-electron chi connectivity index (χ2n) is 8.73. The number of allylic oxidation sites excluding steroid dienone is 1. The third-order valence-electron chi connectivity index (χ3n) is 6.09. The molecule has 0 radical (unpaired) electrons. The monoisotopic (exact) mass is 483 g/mol. The van der Waals surface area contributed by atoms with Crippen LogP contribution in [0.15, 0.2) is 85.5 Å². The minimum atomic E-state index is -0.239. The van der Waals surface area contributed by atoms with E-state index in [4.69, 9.17) is 14.5 Å². The number of hydrogen-bond donors (Lipinski definition) is 1. The molecule has 0 spiro atoms. The van der Waals surface area contributed by atoms with E-state index < -0.39 is 0 Å². The van der Waals surface area contributed by atoms with E-state index in [1.807, 2.05) is 73.7 Å². The van der Waals surface area contributed by atoms with E-state index in [0.717, 1.165) is 58.9 Å². The Labute approximate surface area is 212 Å². The van der Waals surface area contributed by atoms with Crippen LogP contribution >= 0.6 is 0 Å². The van der Waals surface area contributed by atoms with Gasteiger partial charge in [0.25, 0.3) is 0 Å². The molecule has 6 nitrogen and oxygen atoms in total. The van der Waals surface area contributed by atoms with Crippen LogP contribution in [0, 0.1) is 0 Å². The van der Waals surface area contributed by atoms with Crippen molar-refractivity contribution < 1.29 is 14.3 Å². The SMILES string of the molecule is C=CCc1ccccc1OCCCn1c(C(C)NC(=O)Cc2ccc(OC)cc2)nc2ccccc21. The van der Waals surface area contributed by atoms with E-state index in [1.165, 1.54) is 0 Å². The number of aryl methyl sites for hydroxylation is 1. The molecule has 1 unspecified atom stereocenters. The van der Waals surface area contributed by atoms with Crippen LogP contribution in [0.1, 0.15) is 36.3 Å². The lowest BCUT2D eigenvalue weighted by Gasteiger charge is -2.17. The Morgan fingerprint density at radius 2 is 1.83 bits per heavy atom. The summed E-state index contributed by atoms with van der Waals surface area (Å²) >= 11 is 0. The van der Waals surface area contributed by atoms with Crippen molar-refractivity contribution in [1.82, 2.24) is 14.9 Å². The Bertz CT molecular complexity index is 1310. The van der Waals surface area contributed by atoms with Crippen LogP contribution < -0.4 is 14.8 Å². The van der Waals surface area contributed by atoms with E-state index in [-0.39, 0.29) is 11.9 Å². The third-order valence-corrected chi connectivity index (χ3v) is 6.09. The van der Waals surface area contributed by atoms with Gasteiger partial charge in [0.2, 0.25) is 5.91 Å². The molecule has 0 bridgehead atoms. The number of methoxy groups -OCH3 is 1. The van der Waals surface area contributed by atoms with Gasteiger partial charge in [0.1, 0.15) is 17.3 Å². The number of benzene rings is 3. The molecule has 4 rings (SSSR count). The number of para-hydroxylation sites is 3. The molecule has 1 aromatic heterocycles. The fourth-order valence-electron chi connectivity index (χ4n) is 4.32. The number of carbonyl (C=O) groups excluding carboxylic acids is 1. The summed E-state index contributed by atoms with van der Waals surface area (Å²) in [6, 6.07) is 23.4. The number of nitrogens with one attached hydrogen (secondary N) is 1.